The molecule has 0 radical (unpaired) electrons. The maximum Gasteiger partial charge on any atom is 0.323 e. The lowest BCUT2D eigenvalue weighted by Gasteiger charge is -2.31. The van der Waals surface area contributed by atoms with Crippen LogP contribution in [0.15, 0.2) is 0 Å². The van der Waals surface area contributed by atoms with E-state index in [2.05, 4.69) is 17.9 Å². The molecule has 1 unspecified atom stereocenters. The van der Waals surface area contributed by atoms with Crippen molar-refractivity contribution in [2.45, 2.75) is 71.1 Å². The first-order chi connectivity index (χ1) is 8.39. The highest BCUT2D eigenvalue weighted by Gasteiger charge is 2.37. The minimum Gasteiger partial charge on any atom is -0.459 e. The molecular weight excluding hydrogens is 228 g/mol. The zero-order chi connectivity index (χ0) is 13.8. The van der Waals surface area contributed by atoms with Crippen LogP contribution in [-0.2, 0) is 9.53 Å². The highest BCUT2D eigenvalue weighted by atomic mass is 16.6. The van der Waals surface area contributed by atoms with E-state index < -0.39 is 5.60 Å². The topological polar surface area (TPSA) is 53.3 Å². The normalized spacial score (nSPS) is 22.5. The van der Waals surface area contributed by atoms with E-state index in [1.165, 1.54) is 0 Å². The molecule has 18 heavy (non-hydrogen) atoms. The third-order valence-electron chi connectivity index (χ3n) is 3.24. The molecule has 1 rings (SSSR count). The monoisotopic (exact) mass is 252 g/mol. The van der Waals surface area contributed by atoms with Crippen LogP contribution in [0.2, 0.25) is 0 Å². The molecule has 0 aliphatic carbocycles. The highest BCUT2D eigenvalue weighted by Crippen LogP contribution is 2.25. The number of esters is 1. The average Bonchev–Trinajstić information content (AvgIpc) is 2.72. The summed E-state index contributed by atoms with van der Waals surface area (Å²) in [4.78, 5) is 14.3. The number of hydrogen-bond acceptors (Lipinski definition) is 4. The Hall–Kier alpha value is -1.08. The molecule has 0 N–H and O–H groups in total. The number of nitriles is 1. The molecule has 1 aliphatic rings. The summed E-state index contributed by atoms with van der Waals surface area (Å²) in [6, 6.07) is 2.22. The second-order valence-electron chi connectivity index (χ2n) is 5.85. The lowest BCUT2D eigenvalue weighted by atomic mass is 10.1. The van der Waals surface area contributed by atoms with Crippen LogP contribution in [0.4, 0.5) is 0 Å². The Labute approximate surface area is 110 Å². The van der Waals surface area contributed by atoms with Crippen molar-refractivity contribution in [1.29, 1.82) is 5.26 Å². The number of likely N-dealkylation sites (tertiary alicyclic amines) is 1. The van der Waals surface area contributed by atoms with Crippen LogP contribution in [0.5, 0.6) is 0 Å². The second kappa shape index (κ2) is 6.19. The Morgan fingerprint density at radius 3 is 2.72 bits per heavy atom. The number of carbonyl (C=O) groups is 1. The molecule has 0 saturated carbocycles. The Bertz CT molecular complexity index is 328. The highest BCUT2D eigenvalue weighted by molar-refractivity contribution is 5.76. The second-order valence-corrected chi connectivity index (χ2v) is 5.85. The Balaban J connectivity index is 2.69. The standard InChI is InChI=1S/C14H24N2O2/c1-5-11(8-9-15)16-10-6-7-12(16)13(17)18-14(2,3)4/h11-12H,5-8,10H2,1-4H3/t11?,12-/m1/s1. The number of rotatable bonds is 4. The lowest BCUT2D eigenvalue weighted by Crippen LogP contribution is -2.45. The average molecular weight is 252 g/mol. The van der Waals surface area contributed by atoms with E-state index >= 15 is 0 Å². The largest absolute Gasteiger partial charge is 0.459 e. The van der Waals surface area contributed by atoms with E-state index in [-0.39, 0.29) is 18.1 Å². The molecule has 0 aromatic rings. The van der Waals surface area contributed by atoms with Gasteiger partial charge in [-0.3, -0.25) is 9.69 Å². The van der Waals surface area contributed by atoms with E-state index in [9.17, 15) is 4.79 Å². The van der Waals surface area contributed by atoms with Crippen molar-refractivity contribution in [3.63, 3.8) is 0 Å². The summed E-state index contributed by atoms with van der Waals surface area (Å²) >= 11 is 0. The molecule has 4 heteroatoms. The first-order valence-electron chi connectivity index (χ1n) is 6.74. The fourth-order valence-electron chi connectivity index (χ4n) is 2.45. The molecular formula is C14H24N2O2. The summed E-state index contributed by atoms with van der Waals surface area (Å²) in [6.07, 6.45) is 3.23. The number of nitrogens with zero attached hydrogens (tertiary/aromatic N) is 2. The molecule has 0 aromatic carbocycles. The van der Waals surface area contributed by atoms with E-state index in [4.69, 9.17) is 10.00 Å². The predicted octanol–water partition coefficient (Wildman–Crippen LogP) is 2.48. The summed E-state index contributed by atoms with van der Waals surface area (Å²) < 4.78 is 5.46. The van der Waals surface area contributed by atoms with Gasteiger partial charge in [0.05, 0.1) is 12.5 Å². The minimum absolute atomic E-state index is 0.142. The molecule has 2 atom stereocenters. The summed E-state index contributed by atoms with van der Waals surface area (Å²) in [5, 5.41) is 8.85. The van der Waals surface area contributed by atoms with Gasteiger partial charge >= 0.3 is 5.97 Å². The fraction of sp³-hybridized carbons (Fsp3) is 0.857. The number of hydrogen-bond donors (Lipinski definition) is 0. The smallest absolute Gasteiger partial charge is 0.323 e. The molecule has 1 aliphatic heterocycles. The van der Waals surface area contributed by atoms with Gasteiger partial charge in [-0.1, -0.05) is 6.92 Å². The van der Waals surface area contributed by atoms with Crippen LogP contribution in [0.1, 0.15) is 53.4 Å². The quantitative estimate of drug-likeness (QED) is 0.721. The Kier molecular flexibility index (Phi) is 5.15. The van der Waals surface area contributed by atoms with Gasteiger partial charge in [0, 0.05) is 6.04 Å². The van der Waals surface area contributed by atoms with E-state index in [1.54, 1.807) is 0 Å². The van der Waals surface area contributed by atoms with Gasteiger partial charge in [-0.15, -0.1) is 0 Å². The van der Waals surface area contributed by atoms with Crippen molar-refractivity contribution in [3.8, 4) is 6.07 Å². The molecule has 0 spiro atoms. The summed E-state index contributed by atoms with van der Waals surface area (Å²) in [5.74, 6) is -0.142. The summed E-state index contributed by atoms with van der Waals surface area (Å²) in [7, 11) is 0. The Morgan fingerprint density at radius 2 is 2.22 bits per heavy atom. The first kappa shape index (κ1) is 15.0. The molecule has 1 heterocycles. The predicted molar refractivity (Wildman–Crippen MR) is 69.9 cm³/mol. The van der Waals surface area contributed by atoms with Gasteiger partial charge < -0.3 is 4.74 Å². The van der Waals surface area contributed by atoms with Crippen molar-refractivity contribution < 1.29 is 9.53 Å². The van der Waals surface area contributed by atoms with Crippen LogP contribution in [0.25, 0.3) is 0 Å². The minimum atomic E-state index is -0.442. The fourth-order valence-corrected chi connectivity index (χ4v) is 2.45. The van der Waals surface area contributed by atoms with Crippen molar-refractivity contribution >= 4 is 5.97 Å². The van der Waals surface area contributed by atoms with Gasteiger partial charge in [0.25, 0.3) is 0 Å². The first-order valence-corrected chi connectivity index (χ1v) is 6.74. The van der Waals surface area contributed by atoms with E-state index in [0.717, 1.165) is 25.8 Å². The van der Waals surface area contributed by atoms with Crippen LogP contribution in [-0.4, -0.2) is 35.1 Å². The molecule has 1 saturated heterocycles. The Morgan fingerprint density at radius 1 is 1.56 bits per heavy atom. The van der Waals surface area contributed by atoms with Crippen LogP contribution in [0, 0.1) is 11.3 Å². The van der Waals surface area contributed by atoms with Gasteiger partial charge in [-0.05, 0) is 46.6 Å². The van der Waals surface area contributed by atoms with Crippen LogP contribution < -0.4 is 0 Å². The van der Waals surface area contributed by atoms with Gasteiger partial charge in [0.2, 0.25) is 0 Å². The van der Waals surface area contributed by atoms with Crippen molar-refractivity contribution in [1.82, 2.24) is 4.90 Å². The summed E-state index contributed by atoms with van der Waals surface area (Å²) in [6.45, 7) is 8.61. The molecule has 0 amide bonds. The SMILES string of the molecule is CCC(CC#N)N1CCC[C@@H]1C(=O)OC(C)(C)C. The van der Waals surface area contributed by atoms with Gasteiger partial charge in [-0.2, -0.15) is 5.26 Å². The van der Waals surface area contributed by atoms with Crippen LogP contribution in [0.3, 0.4) is 0 Å². The van der Waals surface area contributed by atoms with Gasteiger partial charge in [-0.25, -0.2) is 0 Å². The molecule has 1 fully saturated rings. The maximum absolute atomic E-state index is 12.1. The zero-order valence-electron chi connectivity index (χ0n) is 11.9. The summed E-state index contributed by atoms with van der Waals surface area (Å²) in [5.41, 5.74) is -0.442. The van der Waals surface area contributed by atoms with E-state index in [0.29, 0.717) is 6.42 Å². The van der Waals surface area contributed by atoms with Crippen molar-refractivity contribution in [2.24, 2.45) is 0 Å². The molecule has 4 nitrogen and oxygen atoms in total. The third-order valence-corrected chi connectivity index (χ3v) is 3.24. The molecule has 0 aromatic heterocycles. The van der Waals surface area contributed by atoms with Crippen molar-refractivity contribution in [3.05, 3.63) is 0 Å². The van der Waals surface area contributed by atoms with Crippen molar-refractivity contribution in [2.75, 3.05) is 6.54 Å². The zero-order valence-corrected chi connectivity index (χ0v) is 11.9. The number of ether oxygens (including phenoxy) is 1. The van der Waals surface area contributed by atoms with Crippen LogP contribution >= 0.6 is 0 Å². The van der Waals surface area contributed by atoms with Gasteiger partial charge in [0.1, 0.15) is 11.6 Å². The lowest BCUT2D eigenvalue weighted by molar-refractivity contribution is -0.161. The number of carbonyl (C=O) groups excluding carboxylic acids is 1. The maximum atomic E-state index is 12.1. The third kappa shape index (κ3) is 3.99. The van der Waals surface area contributed by atoms with Gasteiger partial charge in [0.15, 0.2) is 0 Å². The molecule has 0 bridgehead atoms. The van der Waals surface area contributed by atoms with E-state index in [1.807, 2.05) is 20.8 Å². The molecule has 102 valence electrons.